The number of piperazine rings is 1. The van der Waals surface area contributed by atoms with Gasteiger partial charge in [0.15, 0.2) is 0 Å². The summed E-state index contributed by atoms with van der Waals surface area (Å²) in [4.78, 5) is 16.7. The van der Waals surface area contributed by atoms with Crippen molar-refractivity contribution in [3.05, 3.63) is 29.8 Å². The molecule has 140 valence electrons. The SMILES string of the molecule is Cc1cccc(OCCNC(=O)[C@@H](C)N2CCN(C[C@@H](C)O)CC2)c1. The molecule has 1 aromatic carbocycles. The van der Waals surface area contributed by atoms with Crippen molar-refractivity contribution < 1.29 is 14.6 Å². The van der Waals surface area contributed by atoms with Crippen LogP contribution in [0.5, 0.6) is 5.75 Å². The molecular formula is C19H31N3O3. The summed E-state index contributed by atoms with van der Waals surface area (Å²) in [6.07, 6.45) is -0.305. The largest absolute Gasteiger partial charge is 0.492 e. The van der Waals surface area contributed by atoms with E-state index in [2.05, 4.69) is 15.1 Å². The minimum atomic E-state index is -0.305. The number of amides is 1. The molecule has 1 aliphatic heterocycles. The van der Waals surface area contributed by atoms with E-state index in [1.807, 2.05) is 38.1 Å². The molecule has 0 radical (unpaired) electrons. The lowest BCUT2D eigenvalue weighted by atomic mass is 10.2. The molecule has 0 bridgehead atoms. The Bertz CT molecular complexity index is 542. The molecule has 0 unspecified atom stereocenters. The van der Waals surface area contributed by atoms with E-state index >= 15 is 0 Å². The molecule has 0 spiro atoms. The Balaban J connectivity index is 1.65. The highest BCUT2D eigenvalue weighted by Crippen LogP contribution is 2.12. The molecular weight excluding hydrogens is 318 g/mol. The first-order chi connectivity index (χ1) is 12.0. The molecule has 1 amide bonds. The molecule has 1 aromatic rings. The normalized spacial score (nSPS) is 18.6. The van der Waals surface area contributed by atoms with Gasteiger partial charge in [-0.2, -0.15) is 0 Å². The zero-order chi connectivity index (χ0) is 18.2. The number of benzene rings is 1. The molecule has 1 fully saturated rings. The van der Waals surface area contributed by atoms with Gasteiger partial charge in [0.2, 0.25) is 5.91 Å². The van der Waals surface area contributed by atoms with Crippen LogP contribution in [-0.4, -0.2) is 78.8 Å². The molecule has 0 aliphatic carbocycles. The molecule has 2 atom stereocenters. The second-order valence-corrected chi connectivity index (χ2v) is 6.82. The molecule has 6 heteroatoms. The second-order valence-electron chi connectivity index (χ2n) is 6.82. The van der Waals surface area contributed by atoms with E-state index in [1.165, 1.54) is 0 Å². The van der Waals surface area contributed by atoms with Crippen molar-refractivity contribution in [1.82, 2.24) is 15.1 Å². The van der Waals surface area contributed by atoms with Crippen LogP contribution in [0.4, 0.5) is 0 Å². The Morgan fingerprint density at radius 1 is 1.28 bits per heavy atom. The molecule has 1 saturated heterocycles. The molecule has 0 aromatic heterocycles. The van der Waals surface area contributed by atoms with Crippen LogP contribution in [0.1, 0.15) is 19.4 Å². The number of aliphatic hydroxyl groups is 1. The predicted octanol–water partition coefficient (Wildman–Crippen LogP) is 0.877. The summed E-state index contributed by atoms with van der Waals surface area (Å²) in [5, 5.41) is 12.4. The zero-order valence-corrected chi connectivity index (χ0v) is 15.6. The Labute approximate surface area is 150 Å². The molecule has 1 aliphatic rings. The van der Waals surface area contributed by atoms with Gasteiger partial charge >= 0.3 is 0 Å². The fourth-order valence-corrected chi connectivity index (χ4v) is 3.07. The summed E-state index contributed by atoms with van der Waals surface area (Å²) in [5.74, 6) is 0.869. The number of rotatable bonds is 8. The monoisotopic (exact) mass is 349 g/mol. The van der Waals surface area contributed by atoms with Crippen molar-refractivity contribution in [3.8, 4) is 5.75 Å². The van der Waals surface area contributed by atoms with Crippen LogP contribution in [0.2, 0.25) is 0 Å². The minimum absolute atomic E-state index is 0.0387. The Hall–Kier alpha value is -1.63. The van der Waals surface area contributed by atoms with Crippen LogP contribution in [-0.2, 0) is 4.79 Å². The summed E-state index contributed by atoms with van der Waals surface area (Å²) >= 11 is 0. The number of aryl methyl sites for hydroxylation is 1. The van der Waals surface area contributed by atoms with Gasteiger partial charge in [-0.1, -0.05) is 12.1 Å². The summed E-state index contributed by atoms with van der Waals surface area (Å²) < 4.78 is 5.65. The number of hydrogen-bond acceptors (Lipinski definition) is 5. The fraction of sp³-hybridized carbons (Fsp3) is 0.632. The van der Waals surface area contributed by atoms with E-state index in [0.717, 1.165) is 37.5 Å². The first-order valence-corrected chi connectivity index (χ1v) is 9.07. The van der Waals surface area contributed by atoms with Crippen molar-refractivity contribution in [2.75, 3.05) is 45.9 Å². The van der Waals surface area contributed by atoms with Gasteiger partial charge in [0.25, 0.3) is 0 Å². The van der Waals surface area contributed by atoms with Gasteiger partial charge in [0, 0.05) is 32.7 Å². The molecule has 2 N–H and O–H groups in total. The Morgan fingerprint density at radius 2 is 2.00 bits per heavy atom. The number of ether oxygens (including phenoxy) is 1. The van der Waals surface area contributed by atoms with E-state index in [9.17, 15) is 9.90 Å². The summed E-state index contributed by atoms with van der Waals surface area (Å²) in [6.45, 7) is 10.9. The van der Waals surface area contributed by atoms with Crippen LogP contribution in [0.3, 0.4) is 0 Å². The third-order valence-electron chi connectivity index (χ3n) is 4.52. The predicted molar refractivity (Wildman–Crippen MR) is 98.8 cm³/mol. The van der Waals surface area contributed by atoms with Gasteiger partial charge in [-0.25, -0.2) is 0 Å². The van der Waals surface area contributed by atoms with Crippen LogP contribution in [0, 0.1) is 6.92 Å². The van der Waals surface area contributed by atoms with Crippen LogP contribution < -0.4 is 10.1 Å². The molecule has 2 rings (SSSR count). The van der Waals surface area contributed by atoms with E-state index in [1.54, 1.807) is 6.92 Å². The summed E-state index contributed by atoms with van der Waals surface area (Å²) in [7, 11) is 0. The number of β-amino-alcohol motifs (C(OH)–C–C–N with tert-alkyl or cyclic N) is 1. The number of carbonyl (C=O) groups is 1. The second kappa shape index (κ2) is 9.75. The number of carbonyl (C=O) groups excluding carboxylic acids is 1. The molecule has 25 heavy (non-hydrogen) atoms. The maximum absolute atomic E-state index is 12.3. The highest BCUT2D eigenvalue weighted by molar-refractivity contribution is 5.81. The quantitative estimate of drug-likeness (QED) is 0.682. The van der Waals surface area contributed by atoms with Crippen molar-refractivity contribution in [1.29, 1.82) is 0 Å². The summed E-state index contributed by atoms with van der Waals surface area (Å²) in [6, 6.07) is 7.74. The third kappa shape index (κ3) is 6.65. The summed E-state index contributed by atoms with van der Waals surface area (Å²) in [5.41, 5.74) is 1.16. The topological polar surface area (TPSA) is 65.0 Å². The Kier molecular flexibility index (Phi) is 7.68. The first kappa shape index (κ1) is 19.7. The standard InChI is InChI=1S/C19H31N3O3/c1-15-5-4-6-18(13-15)25-12-7-20-19(24)17(3)22-10-8-21(9-11-22)14-16(2)23/h4-6,13,16-17,23H,7-12,14H2,1-3H3,(H,20,24)/t16-,17-/m1/s1. The van der Waals surface area contributed by atoms with Gasteiger partial charge in [0.05, 0.1) is 18.7 Å². The third-order valence-corrected chi connectivity index (χ3v) is 4.52. The van der Waals surface area contributed by atoms with E-state index in [-0.39, 0.29) is 18.1 Å². The van der Waals surface area contributed by atoms with Crippen LogP contribution in [0.15, 0.2) is 24.3 Å². The number of aliphatic hydroxyl groups excluding tert-OH is 1. The highest BCUT2D eigenvalue weighted by atomic mass is 16.5. The molecule has 0 saturated carbocycles. The van der Waals surface area contributed by atoms with Crippen molar-refractivity contribution >= 4 is 5.91 Å². The number of nitrogens with one attached hydrogen (secondary N) is 1. The van der Waals surface area contributed by atoms with Gasteiger partial charge in [-0.15, -0.1) is 0 Å². The van der Waals surface area contributed by atoms with Gasteiger partial charge < -0.3 is 15.2 Å². The lowest BCUT2D eigenvalue weighted by molar-refractivity contribution is -0.126. The van der Waals surface area contributed by atoms with Crippen molar-refractivity contribution in [3.63, 3.8) is 0 Å². The molecule has 6 nitrogen and oxygen atoms in total. The Morgan fingerprint density at radius 3 is 2.64 bits per heavy atom. The highest BCUT2D eigenvalue weighted by Gasteiger charge is 2.25. The van der Waals surface area contributed by atoms with Crippen LogP contribution in [0.25, 0.3) is 0 Å². The first-order valence-electron chi connectivity index (χ1n) is 9.07. The zero-order valence-electron chi connectivity index (χ0n) is 15.6. The fourth-order valence-electron chi connectivity index (χ4n) is 3.07. The number of nitrogens with zero attached hydrogens (tertiary/aromatic N) is 2. The lowest BCUT2D eigenvalue weighted by Gasteiger charge is -2.37. The van der Waals surface area contributed by atoms with Gasteiger partial charge in [0.1, 0.15) is 12.4 Å². The molecule has 1 heterocycles. The van der Waals surface area contributed by atoms with Crippen LogP contribution >= 0.6 is 0 Å². The lowest BCUT2D eigenvalue weighted by Crippen LogP contribution is -2.54. The number of hydrogen-bond donors (Lipinski definition) is 2. The van der Waals surface area contributed by atoms with Crippen molar-refractivity contribution in [2.24, 2.45) is 0 Å². The van der Waals surface area contributed by atoms with E-state index in [4.69, 9.17) is 4.74 Å². The minimum Gasteiger partial charge on any atom is -0.492 e. The average molecular weight is 349 g/mol. The van der Waals surface area contributed by atoms with E-state index in [0.29, 0.717) is 19.7 Å². The maximum atomic E-state index is 12.3. The van der Waals surface area contributed by atoms with Gasteiger partial charge in [-0.3, -0.25) is 14.6 Å². The maximum Gasteiger partial charge on any atom is 0.237 e. The smallest absolute Gasteiger partial charge is 0.237 e. The van der Waals surface area contributed by atoms with E-state index < -0.39 is 0 Å². The van der Waals surface area contributed by atoms with Crippen molar-refractivity contribution in [2.45, 2.75) is 32.9 Å². The average Bonchev–Trinajstić information content (AvgIpc) is 2.58. The van der Waals surface area contributed by atoms with Gasteiger partial charge in [-0.05, 0) is 38.5 Å².